The number of nitrogens with zero attached hydrogens (tertiary/aromatic N) is 2. The molecule has 1 fully saturated rings. The first kappa shape index (κ1) is 21.6. The fraction of sp³-hybridized carbons (Fsp3) is 0.462. The van der Waals surface area contributed by atoms with E-state index in [1.807, 2.05) is 24.3 Å². The molecule has 2 amide bonds. The summed E-state index contributed by atoms with van der Waals surface area (Å²) < 4.78 is 0. The van der Waals surface area contributed by atoms with Gasteiger partial charge in [-0.2, -0.15) is 0 Å². The Morgan fingerprint density at radius 1 is 1.06 bits per heavy atom. The van der Waals surface area contributed by atoms with Crippen LogP contribution in [0.25, 0.3) is 0 Å². The Bertz CT molecular complexity index is 967. The summed E-state index contributed by atoms with van der Waals surface area (Å²) in [4.78, 5) is 30.0. The van der Waals surface area contributed by atoms with Crippen LogP contribution in [0.3, 0.4) is 0 Å². The number of nitrogen functional groups attached to an aromatic ring is 1. The minimum Gasteiger partial charge on any atom is -0.399 e. The standard InChI is InChI=1S/C26H33N3O2/c1-17(2)23(29-24(30)21-10-5-6-11-22(21)25(29)31)16-28-13-12-26(4,18(3)15-28)19-8-7-9-20(27)14-19/h5-11,14,17-18,23H,12-13,15-16,27H2,1-4H3/t18-,23+,26+/m0/s1. The number of hydrogen-bond donors (Lipinski definition) is 1. The Hall–Kier alpha value is -2.66. The molecule has 31 heavy (non-hydrogen) atoms. The highest BCUT2D eigenvalue weighted by Gasteiger charge is 2.43. The van der Waals surface area contributed by atoms with Gasteiger partial charge in [0, 0.05) is 18.8 Å². The summed E-state index contributed by atoms with van der Waals surface area (Å²) in [6.45, 7) is 11.4. The van der Waals surface area contributed by atoms with E-state index in [0.717, 1.165) is 25.2 Å². The third-order valence-corrected chi connectivity index (χ3v) is 7.49. The van der Waals surface area contributed by atoms with E-state index < -0.39 is 0 Å². The lowest BCUT2D eigenvalue weighted by molar-refractivity contribution is 0.0402. The van der Waals surface area contributed by atoms with Crippen LogP contribution in [0.15, 0.2) is 48.5 Å². The molecule has 4 rings (SSSR count). The lowest BCUT2D eigenvalue weighted by Crippen LogP contribution is -2.54. The van der Waals surface area contributed by atoms with Gasteiger partial charge in [-0.25, -0.2) is 0 Å². The molecule has 2 N–H and O–H groups in total. The highest BCUT2D eigenvalue weighted by Crippen LogP contribution is 2.40. The first-order chi connectivity index (χ1) is 14.7. The van der Waals surface area contributed by atoms with E-state index in [4.69, 9.17) is 5.73 Å². The van der Waals surface area contributed by atoms with E-state index in [1.165, 1.54) is 10.5 Å². The number of nitrogens with two attached hydrogens (primary N) is 1. The van der Waals surface area contributed by atoms with E-state index in [-0.39, 0.29) is 29.2 Å². The Balaban J connectivity index is 1.51. The molecule has 2 heterocycles. The number of benzene rings is 2. The van der Waals surface area contributed by atoms with E-state index in [1.54, 1.807) is 12.1 Å². The summed E-state index contributed by atoms with van der Waals surface area (Å²) in [5, 5.41) is 0. The molecule has 2 aromatic rings. The van der Waals surface area contributed by atoms with Gasteiger partial charge in [-0.3, -0.25) is 14.5 Å². The molecule has 0 aromatic heterocycles. The van der Waals surface area contributed by atoms with E-state index in [0.29, 0.717) is 23.6 Å². The zero-order chi connectivity index (χ0) is 22.3. The third kappa shape index (κ3) is 3.76. The molecule has 5 nitrogen and oxygen atoms in total. The molecule has 164 valence electrons. The molecule has 0 aliphatic carbocycles. The number of likely N-dealkylation sites (tertiary alicyclic amines) is 1. The number of amides is 2. The maximum atomic E-state index is 13.1. The second-order valence-electron chi connectivity index (χ2n) is 9.79. The molecule has 5 heteroatoms. The highest BCUT2D eigenvalue weighted by atomic mass is 16.2. The van der Waals surface area contributed by atoms with Crippen molar-refractivity contribution in [3.8, 4) is 0 Å². The topological polar surface area (TPSA) is 66.6 Å². The number of piperidine rings is 1. The molecule has 3 atom stereocenters. The zero-order valence-electron chi connectivity index (χ0n) is 19.0. The summed E-state index contributed by atoms with van der Waals surface area (Å²) in [5.74, 6) is 0.292. The van der Waals surface area contributed by atoms with Crippen molar-refractivity contribution in [2.24, 2.45) is 11.8 Å². The highest BCUT2D eigenvalue weighted by molar-refractivity contribution is 6.21. The second kappa shape index (κ2) is 8.12. The van der Waals surface area contributed by atoms with Crippen LogP contribution in [-0.2, 0) is 5.41 Å². The number of carbonyl (C=O) groups is 2. The maximum absolute atomic E-state index is 13.1. The largest absolute Gasteiger partial charge is 0.399 e. The van der Waals surface area contributed by atoms with E-state index >= 15 is 0 Å². The first-order valence-corrected chi connectivity index (χ1v) is 11.3. The number of fused-ring (bicyclic) bond motifs is 1. The van der Waals surface area contributed by atoms with Crippen LogP contribution >= 0.6 is 0 Å². The van der Waals surface area contributed by atoms with Crippen molar-refractivity contribution in [2.45, 2.75) is 45.6 Å². The Morgan fingerprint density at radius 2 is 1.71 bits per heavy atom. The molecule has 0 bridgehead atoms. The van der Waals surface area contributed by atoms with Gasteiger partial charge in [0.15, 0.2) is 0 Å². The number of imide groups is 1. The summed E-state index contributed by atoms with van der Waals surface area (Å²) in [5.41, 5.74) is 9.26. The predicted octanol–water partition coefficient (Wildman–Crippen LogP) is 4.19. The van der Waals surface area contributed by atoms with Gasteiger partial charge in [0.1, 0.15) is 0 Å². The van der Waals surface area contributed by atoms with Crippen LogP contribution in [-0.4, -0.2) is 47.3 Å². The molecule has 2 aliphatic rings. The van der Waals surface area contributed by atoms with E-state index in [9.17, 15) is 9.59 Å². The van der Waals surface area contributed by atoms with Crippen molar-refractivity contribution >= 4 is 17.5 Å². The van der Waals surface area contributed by atoms with Crippen molar-refractivity contribution < 1.29 is 9.59 Å². The smallest absolute Gasteiger partial charge is 0.261 e. The van der Waals surface area contributed by atoms with Crippen molar-refractivity contribution in [3.05, 3.63) is 65.2 Å². The van der Waals surface area contributed by atoms with Gasteiger partial charge < -0.3 is 10.6 Å². The number of hydrogen-bond acceptors (Lipinski definition) is 4. The van der Waals surface area contributed by atoms with Gasteiger partial charge in [-0.15, -0.1) is 0 Å². The quantitative estimate of drug-likeness (QED) is 0.583. The van der Waals surface area contributed by atoms with Crippen LogP contribution in [0.4, 0.5) is 5.69 Å². The van der Waals surface area contributed by atoms with Crippen LogP contribution in [0.1, 0.15) is 60.4 Å². The second-order valence-corrected chi connectivity index (χ2v) is 9.79. The van der Waals surface area contributed by atoms with Gasteiger partial charge in [0.2, 0.25) is 0 Å². The van der Waals surface area contributed by atoms with Crippen LogP contribution in [0.5, 0.6) is 0 Å². The fourth-order valence-corrected chi connectivity index (χ4v) is 5.17. The van der Waals surface area contributed by atoms with Crippen LogP contribution in [0, 0.1) is 11.8 Å². The number of anilines is 1. The fourth-order valence-electron chi connectivity index (χ4n) is 5.17. The van der Waals surface area contributed by atoms with Crippen molar-refractivity contribution in [2.75, 3.05) is 25.4 Å². The maximum Gasteiger partial charge on any atom is 0.261 e. The third-order valence-electron chi connectivity index (χ3n) is 7.49. The zero-order valence-corrected chi connectivity index (χ0v) is 19.0. The van der Waals surface area contributed by atoms with Gasteiger partial charge >= 0.3 is 0 Å². The van der Waals surface area contributed by atoms with Crippen LogP contribution < -0.4 is 5.73 Å². The van der Waals surface area contributed by atoms with Crippen molar-refractivity contribution in [1.82, 2.24) is 9.80 Å². The Kier molecular flexibility index (Phi) is 5.65. The molecule has 2 aliphatic heterocycles. The predicted molar refractivity (Wildman–Crippen MR) is 124 cm³/mol. The molecule has 0 unspecified atom stereocenters. The molecule has 0 radical (unpaired) electrons. The minimum atomic E-state index is -0.158. The Morgan fingerprint density at radius 3 is 2.26 bits per heavy atom. The number of rotatable bonds is 5. The lowest BCUT2D eigenvalue weighted by atomic mass is 9.68. The van der Waals surface area contributed by atoms with Crippen molar-refractivity contribution in [1.29, 1.82) is 0 Å². The molecule has 0 spiro atoms. The summed E-state index contributed by atoms with van der Waals surface area (Å²) in [6.07, 6.45) is 1.02. The number of carbonyl (C=O) groups excluding carboxylic acids is 2. The average molecular weight is 420 g/mol. The molecule has 2 aromatic carbocycles. The van der Waals surface area contributed by atoms with Gasteiger partial charge in [0.25, 0.3) is 11.8 Å². The first-order valence-electron chi connectivity index (χ1n) is 11.3. The molecule has 1 saturated heterocycles. The average Bonchev–Trinajstić information content (AvgIpc) is 2.99. The van der Waals surface area contributed by atoms with Crippen LogP contribution in [0.2, 0.25) is 0 Å². The molecule has 0 saturated carbocycles. The van der Waals surface area contributed by atoms with Gasteiger partial charge in [0.05, 0.1) is 17.2 Å². The van der Waals surface area contributed by atoms with Crippen molar-refractivity contribution in [3.63, 3.8) is 0 Å². The normalized spacial score (nSPS) is 25.2. The lowest BCUT2D eigenvalue weighted by Gasteiger charge is -2.46. The van der Waals surface area contributed by atoms with E-state index in [2.05, 4.69) is 44.7 Å². The molecular weight excluding hydrogens is 386 g/mol. The Labute approximate surface area is 185 Å². The monoisotopic (exact) mass is 419 g/mol. The minimum absolute atomic E-state index is 0.0642. The summed E-state index contributed by atoms with van der Waals surface area (Å²) in [6, 6.07) is 15.3. The SMILES string of the molecule is CC(C)[C@@H](CN1CC[C@@](C)(c2cccc(N)c2)[C@@H](C)C1)N1C(=O)c2ccccc2C1=O. The molecular formula is C26H33N3O2. The van der Waals surface area contributed by atoms with Gasteiger partial charge in [-0.05, 0) is 60.0 Å². The summed E-state index contributed by atoms with van der Waals surface area (Å²) >= 11 is 0. The van der Waals surface area contributed by atoms with Gasteiger partial charge in [-0.1, -0.05) is 52.0 Å². The summed E-state index contributed by atoms with van der Waals surface area (Å²) in [7, 11) is 0.